The van der Waals surface area contributed by atoms with Gasteiger partial charge in [-0.1, -0.05) is 31.7 Å². The van der Waals surface area contributed by atoms with E-state index in [4.69, 9.17) is 15.5 Å². The number of nitrogens with zero attached hydrogens (tertiary/aromatic N) is 2. The molecule has 152 valence electrons. The minimum Gasteiger partial charge on any atom is -0.450 e. The van der Waals surface area contributed by atoms with Gasteiger partial charge in [-0.25, -0.2) is 9.78 Å². The van der Waals surface area contributed by atoms with Gasteiger partial charge in [0.2, 0.25) is 0 Å². The molecule has 0 radical (unpaired) electrons. The highest BCUT2D eigenvalue weighted by Gasteiger charge is 2.27. The summed E-state index contributed by atoms with van der Waals surface area (Å²) in [4.78, 5) is 17.1. The van der Waals surface area contributed by atoms with Gasteiger partial charge < -0.3 is 15.0 Å². The molecule has 1 aliphatic carbocycles. The number of rotatable bonds is 9. The molecule has 1 saturated carbocycles. The fraction of sp³-hybridized carbons (Fsp3) is 0.545. The lowest BCUT2D eigenvalue weighted by Gasteiger charge is -2.14. The second-order valence-corrected chi connectivity index (χ2v) is 9.19. The molecule has 1 aliphatic rings. The van der Waals surface area contributed by atoms with Crippen LogP contribution in [0.5, 0.6) is 0 Å². The van der Waals surface area contributed by atoms with E-state index in [9.17, 15) is 4.79 Å². The van der Waals surface area contributed by atoms with Crippen LogP contribution in [0.3, 0.4) is 0 Å². The third-order valence-corrected chi connectivity index (χ3v) is 6.00. The summed E-state index contributed by atoms with van der Waals surface area (Å²) >= 11 is 1.83. The van der Waals surface area contributed by atoms with E-state index in [1.54, 1.807) is 0 Å². The number of hydrogen-bond acceptors (Lipinski definition) is 4. The average Bonchev–Trinajstić information content (AvgIpc) is 3.34. The summed E-state index contributed by atoms with van der Waals surface area (Å²) in [5.41, 5.74) is 8.80. The SMILES string of the molecule is Cc1cc(C)cc(Sc2c(C(C)C)nc(CCCOC(N)=O)n2CC2CC2)c1. The zero-order valence-corrected chi connectivity index (χ0v) is 18.1. The molecule has 5 nitrogen and oxygen atoms in total. The van der Waals surface area contributed by atoms with Crippen molar-refractivity contribution in [2.45, 2.75) is 75.8 Å². The van der Waals surface area contributed by atoms with Crippen molar-refractivity contribution in [2.24, 2.45) is 11.7 Å². The summed E-state index contributed by atoms with van der Waals surface area (Å²) in [6.45, 7) is 10.1. The first-order valence-electron chi connectivity index (χ1n) is 10.1. The fourth-order valence-corrected chi connectivity index (χ4v) is 4.82. The molecule has 0 saturated heterocycles. The molecule has 0 aliphatic heterocycles. The molecule has 1 aromatic carbocycles. The van der Waals surface area contributed by atoms with Crippen LogP contribution in [0.2, 0.25) is 0 Å². The number of nitrogens with two attached hydrogens (primary N) is 1. The molecule has 1 fully saturated rings. The Labute approximate surface area is 172 Å². The number of aromatic nitrogens is 2. The van der Waals surface area contributed by atoms with Crippen molar-refractivity contribution in [3.63, 3.8) is 0 Å². The van der Waals surface area contributed by atoms with Gasteiger partial charge in [-0.2, -0.15) is 0 Å². The van der Waals surface area contributed by atoms with Crippen LogP contribution in [-0.2, 0) is 17.7 Å². The Morgan fingerprint density at radius 1 is 1.29 bits per heavy atom. The lowest BCUT2D eigenvalue weighted by atomic mass is 10.1. The summed E-state index contributed by atoms with van der Waals surface area (Å²) < 4.78 is 7.32. The van der Waals surface area contributed by atoms with Gasteiger partial charge in [0.05, 0.1) is 12.3 Å². The van der Waals surface area contributed by atoms with Crippen LogP contribution in [0.25, 0.3) is 0 Å². The highest BCUT2D eigenvalue weighted by Crippen LogP contribution is 2.39. The fourth-order valence-electron chi connectivity index (χ4n) is 3.43. The third kappa shape index (κ3) is 5.53. The lowest BCUT2D eigenvalue weighted by Crippen LogP contribution is -2.14. The van der Waals surface area contributed by atoms with E-state index in [1.165, 1.54) is 33.9 Å². The quantitative estimate of drug-likeness (QED) is 0.585. The maximum absolute atomic E-state index is 10.8. The first kappa shape index (κ1) is 20.8. The standard InChI is InChI=1S/C22H31N3O2S/c1-14(2)20-21(28-18-11-15(3)10-16(4)12-18)25(13-17-7-8-17)19(24-20)6-5-9-27-22(23)26/h10-12,14,17H,5-9,13H2,1-4H3,(H2,23,26). The Morgan fingerprint density at radius 2 is 1.96 bits per heavy atom. The number of imidazole rings is 1. The Kier molecular flexibility index (Phi) is 6.70. The van der Waals surface area contributed by atoms with Crippen molar-refractivity contribution >= 4 is 17.9 Å². The van der Waals surface area contributed by atoms with Gasteiger partial charge in [-0.15, -0.1) is 0 Å². The van der Waals surface area contributed by atoms with Crippen LogP contribution < -0.4 is 5.73 Å². The summed E-state index contributed by atoms with van der Waals surface area (Å²) in [6.07, 6.45) is 3.40. The van der Waals surface area contributed by atoms with Crippen molar-refractivity contribution in [2.75, 3.05) is 6.61 Å². The molecule has 6 heteroatoms. The topological polar surface area (TPSA) is 70.1 Å². The summed E-state index contributed by atoms with van der Waals surface area (Å²) in [7, 11) is 0. The molecular formula is C22H31N3O2S. The Hall–Kier alpha value is -1.95. The van der Waals surface area contributed by atoms with E-state index in [0.717, 1.165) is 36.8 Å². The predicted octanol–water partition coefficient (Wildman–Crippen LogP) is 5.21. The van der Waals surface area contributed by atoms with Crippen LogP contribution >= 0.6 is 11.8 Å². The third-order valence-electron chi connectivity index (χ3n) is 4.91. The maximum Gasteiger partial charge on any atom is 0.404 e. The number of primary amides is 1. The molecular weight excluding hydrogens is 370 g/mol. The first-order chi connectivity index (χ1) is 13.3. The van der Waals surface area contributed by atoms with Gasteiger partial charge in [0, 0.05) is 17.9 Å². The first-order valence-corrected chi connectivity index (χ1v) is 10.9. The van der Waals surface area contributed by atoms with Crippen LogP contribution in [-0.4, -0.2) is 22.3 Å². The van der Waals surface area contributed by atoms with Gasteiger partial charge in [-0.05, 0) is 68.2 Å². The zero-order valence-electron chi connectivity index (χ0n) is 17.3. The van der Waals surface area contributed by atoms with Gasteiger partial charge in [0.1, 0.15) is 10.9 Å². The number of aryl methyl sites for hydroxylation is 3. The van der Waals surface area contributed by atoms with Crippen LogP contribution in [0.1, 0.15) is 61.7 Å². The van der Waals surface area contributed by atoms with Crippen molar-refractivity contribution in [3.8, 4) is 0 Å². The minimum atomic E-state index is -0.713. The molecule has 2 N–H and O–H groups in total. The van der Waals surface area contributed by atoms with E-state index in [0.29, 0.717) is 12.5 Å². The number of amides is 1. The van der Waals surface area contributed by atoms with Gasteiger partial charge in [-0.3, -0.25) is 0 Å². The lowest BCUT2D eigenvalue weighted by molar-refractivity contribution is 0.155. The van der Waals surface area contributed by atoms with Crippen molar-refractivity contribution in [1.29, 1.82) is 0 Å². The number of carbonyl (C=O) groups excluding carboxylic acids is 1. The van der Waals surface area contributed by atoms with Crippen LogP contribution in [0.4, 0.5) is 4.79 Å². The number of ether oxygens (including phenoxy) is 1. The molecule has 1 amide bonds. The van der Waals surface area contributed by atoms with E-state index >= 15 is 0 Å². The second-order valence-electron chi connectivity index (χ2n) is 8.12. The number of carbonyl (C=O) groups is 1. The van der Waals surface area contributed by atoms with Crippen molar-refractivity contribution in [1.82, 2.24) is 9.55 Å². The minimum absolute atomic E-state index is 0.336. The summed E-state index contributed by atoms with van der Waals surface area (Å²) in [5, 5.41) is 1.26. The normalized spacial score (nSPS) is 13.9. The van der Waals surface area contributed by atoms with E-state index in [-0.39, 0.29) is 0 Å². The van der Waals surface area contributed by atoms with Gasteiger partial charge in [0.25, 0.3) is 0 Å². The number of hydrogen-bond donors (Lipinski definition) is 1. The molecule has 1 heterocycles. The smallest absolute Gasteiger partial charge is 0.404 e. The maximum atomic E-state index is 10.8. The Balaban J connectivity index is 1.89. The average molecular weight is 402 g/mol. The van der Waals surface area contributed by atoms with E-state index in [1.807, 2.05) is 11.8 Å². The molecule has 0 atom stereocenters. The molecule has 0 unspecified atom stereocenters. The highest BCUT2D eigenvalue weighted by molar-refractivity contribution is 7.99. The van der Waals surface area contributed by atoms with Crippen molar-refractivity contribution < 1.29 is 9.53 Å². The molecule has 0 spiro atoms. The van der Waals surface area contributed by atoms with Gasteiger partial charge >= 0.3 is 6.09 Å². The molecule has 28 heavy (non-hydrogen) atoms. The Morgan fingerprint density at radius 3 is 2.54 bits per heavy atom. The number of benzene rings is 1. The second kappa shape index (κ2) is 9.03. The molecule has 1 aromatic heterocycles. The van der Waals surface area contributed by atoms with Crippen LogP contribution in [0, 0.1) is 19.8 Å². The zero-order chi connectivity index (χ0) is 20.3. The molecule has 3 rings (SSSR count). The monoisotopic (exact) mass is 401 g/mol. The van der Waals surface area contributed by atoms with E-state index in [2.05, 4.69) is 50.5 Å². The summed E-state index contributed by atoms with van der Waals surface area (Å²) in [6, 6.07) is 6.70. The Bertz CT molecular complexity index is 820. The van der Waals surface area contributed by atoms with Gasteiger partial charge in [0.15, 0.2) is 0 Å². The molecule has 2 aromatic rings. The van der Waals surface area contributed by atoms with Crippen LogP contribution in [0.15, 0.2) is 28.1 Å². The largest absolute Gasteiger partial charge is 0.450 e. The summed E-state index contributed by atoms with van der Waals surface area (Å²) in [5.74, 6) is 2.21. The van der Waals surface area contributed by atoms with E-state index < -0.39 is 6.09 Å². The predicted molar refractivity (Wildman–Crippen MR) is 113 cm³/mol. The molecule has 0 bridgehead atoms. The highest BCUT2D eigenvalue weighted by atomic mass is 32.2. The van der Waals surface area contributed by atoms with Crippen molar-refractivity contribution in [3.05, 3.63) is 40.8 Å².